The van der Waals surface area contributed by atoms with E-state index in [0.29, 0.717) is 0 Å². The van der Waals surface area contributed by atoms with Crippen molar-refractivity contribution in [3.8, 4) is 0 Å². The number of fused-ring (bicyclic) bond motifs is 1. The molecule has 1 unspecified atom stereocenters. The van der Waals surface area contributed by atoms with Gasteiger partial charge in [0.1, 0.15) is 5.52 Å². The summed E-state index contributed by atoms with van der Waals surface area (Å²) in [5.41, 5.74) is 2.86. The molecule has 4 nitrogen and oxygen atoms in total. The Morgan fingerprint density at radius 2 is 2.33 bits per heavy atom. The Balaban J connectivity index is 2.11. The first-order valence-corrected chi connectivity index (χ1v) is 6.86. The van der Waals surface area contributed by atoms with Crippen LogP contribution in [0.5, 0.6) is 0 Å². The molecule has 0 aliphatic carbocycles. The van der Waals surface area contributed by atoms with Crippen LogP contribution < -0.4 is 4.90 Å². The highest BCUT2D eigenvalue weighted by Crippen LogP contribution is 2.30. The molecule has 5 heteroatoms. The topological polar surface area (TPSA) is 49.2 Å². The van der Waals surface area contributed by atoms with Gasteiger partial charge in [0.25, 0.3) is 0 Å². The van der Waals surface area contributed by atoms with Crippen LogP contribution in [0.25, 0.3) is 11.0 Å². The van der Waals surface area contributed by atoms with Crippen molar-refractivity contribution in [3.05, 3.63) is 29.0 Å². The van der Waals surface area contributed by atoms with Gasteiger partial charge < -0.3 is 10.0 Å². The fraction of sp³-hybridized carbons (Fsp3) is 0.385. The largest absolute Gasteiger partial charge is 0.394 e. The Morgan fingerprint density at radius 3 is 3.17 bits per heavy atom. The van der Waals surface area contributed by atoms with Crippen molar-refractivity contribution in [2.75, 3.05) is 18.1 Å². The molecule has 0 radical (unpaired) electrons. The highest BCUT2D eigenvalue weighted by molar-refractivity contribution is 9.10. The van der Waals surface area contributed by atoms with Crippen LogP contribution in [0.15, 0.2) is 29.0 Å². The van der Waals surface area contributed by atoms with Crippen LogP contribution in [0.1, 0.15) is 12.8 Å². The van der Waals surface area contributed by atoms with Crippen LogP contribution in [0, 0.1) is 0 Å². The summed E-state index contributed by atoms with van der Waals surface area (Å²) >= 11 is 3.41. The number of aliphatic hydroxyl groups is 1. The van der Waals surface area contributed by atoms with Crippen molar-refractivity contribution in [3.63, 3.8) is 0 Å². The first-order chi connectivity index (χ1) is 8.79. The van der Waals surface area contributed by atoms with Crippen LogP contribution in [-0.4, -0.2) is 34.3 Å². The Bertz CT molecular complexity index is 575. The van der Waals surface area contributed by atoms with Gasteiger partial charge in [0.05, 0.1) is 23.9 Å². The fourth-order valence-corrected chi connectivity index (χ4v) is 2.89. The molecule has 1 aliphatic rings. The number of aliphatic hydroxyl groups excluding tert-OH is 1. The number of nitrogens with zero attached hydrogens (tertiary/aromatic N) is 3. The molecular formula is C13H14BrN3O. The standard InChI is InChI=1S/C13H14BrN3O/c14-9-6-11-13(16-7-9)12(3-4-15-11)17-5-1-2-10(17)8-18/h3-4,6-7,10,18H,1-2,5,8H2. The van der Waals surface area contributed by atoms with Crippen molar-refractivity contribution >= 4 is 32.7 Å². The SMILES string of the molecule is OCC1CCCN1c1ccnc2cc(Br)cnc12. The van der Waals surface area contributed by atoms with Crippen LogP contribution in [0.3, 0.4) is 0 Å². The highest BCUT2D eigenvalue weighted by Gasteiger charge is 2.25. The maximum Gasteiger partial charge on any atom is 0.112 e. The molecule has 1 aliphatic heterocycles. The molecule has 1 saturated heterocycles. The zero-order chi connectivity index (χ0) is 12.5. The second-order valence-corrected chi connectivity index (χ2v) is 5.44. The van der Waals surface area contributed by atoms with Crippen LogP contribution in [0.2, 0.25) is 0 Å². The van der Waals surface area contributed by atoms with E-state index < -0.39 is 0 Å². The van der Waals surface area contributed by atoms with E-state index in [-0.39, 0.29) is 12.6 Å². The zero-order valence-electron chi connectivity index (χ0n) is 9.88. The lowest BCUT2D eigenvalue weighted by atomic mass is 10.2. The number of aromatic nitrogens is 2. The summed E-state index contributed by atoms with van der Waals surface area (Å²) in [6.07, 6.45) is 5.75. The van der Waals surface area contributed by atoms with Gasteiger partial charge in [0.2, 0.25) is 0 Å². The molecule has 2 aromatic heterocycles. The third kappa shape index (κ3) is 1.97. The summed E-state index contributed by atoms with van der Waals surface area (Å²) in [4.78, 5) is 11.0. The first-order valence-electron chi connectivity index (χ1n) is 6.07. The normalized spacial score (nSPS) is 19.7. The monoisotopic (exact) mass is 307 g/mol. The molecule has 1 atom stereocenters. The molecule has 2 aromatic rings. The van der Waals surface area contributed by atoms with Crippen molar-refractivity contribution < 1.29 is 5.11 Å². The minimum atomic E-state index is 0.195. The molecule has 3 rings (SSSR count). The van der Waals surface area contributed by atoms with Gasteiger partial charge in [-0.2, -0.15) is 0 Å². The molecule has 94 valence electrons. The molecule has 0 saturated carbocycles. The summed E-state index contributed by atoms with van der Waals surface area (Å²) < 4.78 is 0.930. The minimum Gasteiger partial charge on any atom is -0.394 e. The molecule has 0 bridgehead atoms. The highest BCUT2D eigenvalue weighted by atomic mass is 79.9. The lowest BCUT2D eigenvalue weighted by molar-refractivity contribution is 0.266. The van der Waals surface area contributed by atoms with E-state index in [1.165, 1.54) is 0 Å². The summed E-state index contributed by atoms with van der Waals surface area (Å²) in [7, 11) is 0. The Labute approximate surface area is 114 Å². The number of anilines is 1. The van der Waals surface area contributed by atoms with Crippen LogP contribution in [-0.2, 0) is 0 Å². The van der Waals surface area contributed by atoms with Crippen LogP contribution >= 0.6 is 15.9 Å². The maximum atomic E-state index is 9.43. The van der Waals surface area contributed by atoms with E-state index >= 15 is 0 Å². The van der Waals surface area contributed by atoms with Gasteiger partial charge in [-0.05, 0) is 40.9 Å². The van der Waals surface area contributed by atoms with Gasteiger partial charge in [-0.25, -0.2) is 0 Å². The second-order valence-electron chi connectivity index (χ2n) is 4.52. The number of pyridine rings is 2. The van der Waals surface area contributed by atoms with E-state index in [2.05, 4.69) is 30.8 Å². The summed E-state index contributed by atoms with van der Waals surface area (Å²) in [5.74, 6) is 0. The number of hydrogen-bond donors (Lipinski definition) is 1. The number of hydrogen-bond acceptors (Lipinski definition) is 4. The van der Waals surface area contributed by atoms with Gasteiger partial charge in [0, 0.05) is 23.4 Å². The second kappa shape index (κ2) is 4.82. The van der Waals surface area contributed by atoms with Gasteiger partial charge >= 0.3 is 0 Å². The van der Waals surface area contributed by atoms with Gasteiger partial charge in [-0.15, -0.1) is 0 Å². The van der Waals surface area contributed by atoms with Crippen molar-refractivity contribution in [2.45, 2.75) is 18.9 Å². The van der Waals surface area contributed by atoms with E-state index in [0.717, 1.165) is 40.6 Å². The van der Waals surface area contributed by atoms with Gasteiger partial charge in [-0.1, -0.05) is 0 Å². The average Bonchev–Trinajstić information content (AvgIpc) is 2.85. The molecule has 3 heterocycles. The average molecular weight is 308 g/mol. The lowest BCUT2D eigenvalue weighted by Crippen LogP contribution is -2.32. The molecule has 0 amide bonds. The van der Waals surface area contributed by atoms with Crippen molar-refractivity contribution in [1.82, 2.24) is 9.97 Å². The smallest absolute Gasteiger partial charge is 0.112 e. The van der Waals surface area contributed by atoms with Gasteiger partial charge in [0.15, 0.2) is 0 Å². The minimum absolute atomic E-state index is 0.195. The van der Waals surface area contributed by atoms with E-state index in [1.807, 2.05) is 12.1 Å². The summed E-state index contributed by atoms with van der Waals surface area (Å²) in [6.45, 7) is 1.17. The van der Waals surface area contributed by atoms with Crippen molar-refractivity contribution in [1.29, 1.82) is 0 Å². The molecule has 1 N–H and O–H groups in total. The number of halogens is 1. The Hall–Kier alpha value is -1.20. The van der Waals surface area contributed by atoms with Gasteiger partial charge in [-0.3, -0.25) is 9.97 Å². The van der Waals surface area contributed by atoms with E-state index in [1.54, 1.807) is 12.4 Å². The molecular weight excluding hydrogens is 294 g/mol. The third-order valence-corrected chi connectivity index (χ3v) is 3.85. The Morgan fingerprint density at radius 1 is 1.44 bits per heavy atom. The van der Waals surface area contributed by atoms with E-state index in [4.69, 9.17) is 0 Å². The van der Waals surface area contributed by atoms with Crippen LogP contribution in [0.4, 0.5) is 5.69 Å². The molecule has 0 spiro atoms. The third-order valence-electron chi connectivity index (χ3n) is 3.42. The molecule has 0 aromatic carbocycles. The molecule has 18 heavy (non-hydrogen) atoms. The summed E-state index contributed by atoms with van der Waals surface area (Å²) in [6, 6.07) is 4.16. The first kappa shape index (κ1) is 11.9. The van der Waals surface area contributed by atoms with Crippen molar-refractivity contribution in [2.24, 2.45) is 0 Å². The molecule has 1 fully saturated rings. The zero-order valence-corrected chi connectivity index (χ0v) is 11.5. The summed E-state index contributed by atoms with van der Waals surface area (Å²) in [5, 5.41) is 9.43. The number of rotatable bonds is 2. The fourth-order valence-electron chi connectivity index (χ4n) is 2.57. The predicted molar refractivity (Wildman–Crippen MR) is 74.7 cm³/mol. The maximum absolute atomic E-state index is 9.43. The van der Waals surface area contributed by atoms with E-state index in [9.17, 15) is 5.11 Å². The predicted octanol–water partition coefficient (Wildman–Crippen LogP) is 2.35. The lowest BCUT2D eigenvalue weighted by Gasteiger charge is -2.25. The quantitative estimate of drug-likeness (QED) is 0.925. The Kier molecular flexibility index (Phi) is 3.18.